The third-order valence-corrected chi connectivity index (χ3v) is 7.15. The van der Waals surface area contributed by atoms with Crippen LogP contribution in [0.3, 0.4) is 0 Å². The fourth-order valence-electron chi connectivity index (χ4n) is 2.85. The number of carbonyl (C=O) groups is 2. The number of sulfonamides is 1. The number of carboxylic acid groups (broad SMARTS) is 1. The number of hydrogen-bond donors (Lipinski definition) is 2. The lowest BCUT2D eigenvalue weighted by atomic mass is 10.0. The lowest BCUT2D eigenvalue weighted by Crippen LogP contribution is -2.60. The van der Waals surface area contributed by atoms with Crippen molar-refractivity contribution < 1.29 is 27.9 Å². The highest BCUT2D eigenvalue weighted by Gasteiger charge is 2.40. The summed E-state index contributed by atoms with van der Waals surface area (Å²) in [5.74, 6) is -1.41. The third-order valence-electron chi connectivity index (χ3n) is 3.99. The Labute approximate surface area is 137 Å². The fourth-order valence-corrected chi connectivity index (χ4v) is 5.73. The molecule has 2 N–H and O–H groups in total. The van der Waals surface area contributed by atoms with Gasteiger partial charge in [-0.25, -0.2) is 13.2 Å². The van der Waals surface area contributed by atoms with Crippen molar-refractivity contribution in [1.29, 1.82) is 0 Å². The van der Waals surface area contributed by atoms with Gasteiger partial charge in [0, 0.05) is 18.0 Å². The van der Waals surface area contributed by atoms with Crippen molar-refractivity contribution in [3.8, 4) is 0 Å². The van der Waals surface area contributed by atoms with Gasteiger partial charge in [0.25, 0.3) is 0 Å². The van der Waals surface area contributed by atoms with E-state index in [1.165, 1.54) is 10.4 Å². The summed E-state index contributed by atoms with van der Waals surface area (Å²) in [6.07, 6.45) is 0.302. The summed E-state index contributed by atoms with van der Waals surface area (Å²) < 4.78 is 32.3. The van der Waals surface area contributed by atoms with Gasteiger partial charge in [0.05, 0.1) is 17.0 Å². The molecule has 2 atom stereocenters. The van der Waals surface area contributed by atoms with Gasteiger partial charge in [-0.05, 0) is 19.4 Å². The SMILES string of the molecule is Cc1sc(C(=O)O)cc1S(=O)(=O)N1CC[C@@H]2OCC(=O)N[C@H]2C1. The number of carboxylic acids is 1. The molecule has 3 heterocycles. The lowest BCUT2D eigenvalue weighted by Gasteiger charge is -2.40. The van der Waals surface area contributed by atoms with Gasteiger partial charge in [-0.15, -0.1) is 11.3 Å². The van der Waals surface area contributed by atoms with Crippen LogP contribution >= 0.6 is 11.3 Å². The van der Waals surface area contributed by atoms with Crippen LogP contribution in [-0.2, 0) is 19.6 Å². The molecule has 0 spiro atoms. The first-order valence-electron chi connectivity index (χ1n) is 7.04. The maximum Gasteiger partial charge on any atom is 0.345 e. The molecule has 2 aliphatic rings. The minimum absolute atomic E-state index is 0.000469. The van der Waals surface area contributed by atoms with E-state index in [9.17, 15) is 18.0 Å². The van der Waals surface area contributed by atoms with E-state index in [-0.39, 0.29) is 47.5 Å². The molecule has 0 saturated carbocycles. The number of piperidine rings is 1. The largest absolute Gasteiger partial charge is 0.477 e. The number of rotatable bonds is 3. The number of hydrogen-bond acceptors (Lipinski definition) is 6. The number of nitrogens with zero attached hydrogens (tertiary/aromatic N) is 1. The van der Waals surface area contributed by atoms with E-state index >= 15 is 0 Å². The van der Waals surface area contributed by atoms with Crippen molar-refractivity contribution in [2.75, 3.05) is 19.7 Å². The number of fused-ring (bicyclic) bond motifs is 1. The summed E-state index contributed by atoms with van der Waals surface area (Å²) in [5, 5.41) is 11.8. The second-order valence-corrected chi connectivity index (χ2v) is 8.67. The van der Waals surface area contributed by atoms with Crippen LogP contribution in [0.25, 0.3) is 0 Å². The molecular formula is C13H16N2O6S2. The van der Waals surface area contributed by atoms with Crippen molar-refractivity contribution >= 4 is 33.2 Å². The Balaban J connectivity index is 1.85. The van der Waals surface area contributed by atoms with Crippen molar-refractivity contribution in [3.05, 3.63) is 15.8 Å². The Hall–Kier alpha value is -1.49. The van der Waals surface area contributed by atoms with Crippen LogP contribution in [-0.4, -0.2) is 61.5 Å². The molecule has 1 aromatic heterocycles. The summed E-state index contributed by atoms with van der Waals surface area (Å²) in [4.78, 5) is 22.9. The highest BCUT2D eigenvalue weighted by Crippen LogP contribution is 2.30. The van der Waals surface area contributed by atoms with E-state index in [4.69, 9.17) is 9.84 Å². The molecule has 0 aliphatic carbocycles. The summed E-state index contributed by atoms with van der Waals surface area (Å²) in [6.45, 7) is 1.98. The summed E-state index contributed by atoms with van der Waals surface area (Å²) in [5.41, 5.74) is 0. The van der Waals surface area contributed by atoms with Gasteiger partial charge in [0.2, 0.25) is 15.9 Å². The second kappa shape index (κ2) is 5.86. The molecular weight excluding hydrogens is 344 g/mol. The first-order valence-corrected chi connectivity index (χ1v) is 9.29. The van der Waals surface area contributed by atoms with E-state index in [0.717, 1.165) is 11.3 Å². The maximum atomic E-state index is 12.8. The summed E-state index contributed by atoms with van der Waals surface area (Å²) >= 11 is 0.937. The Bertz CT molecular complexity index is 757. The van der Waals surface area contributed by atoms with E-state index in [0.29, 0.717) is 11.3 Å². The number of aromatic carboxylic acids is 1. The molecule has 2 fully saturated rings. The van der Waals surface area contributed by atoms with E-state index in [1.54, 1.807) is 6.92 Å². The molecule has 10 heteroatoms. The standard InChI is InChI=1S/C13H16N2O6S2/c1-7-11(4-10(22-7)13(17)18)23(19,20)15-3-2-9-8(5-15)14-12(16)6-21-9/h4,8-9H,2-3,5-6H2,1H3,(H,14,16)(H,17,18)/t8-,9-/m0/s1. The first kappa shape index (κ1) is 16.4. The average molecular weight is 360 g/mol. The number of carbonyl (C=O) groups excluding carboxylic acids is 1. The normalized spacial score (nSPS) is 25.7. The number of ether oxygens (including phenoxy) is 1. The van der Waals surface area contributed by atoms with Gasteiger partial charge in [0.15, 0.2) is 0 Å². The van der Waals surface area contributed by atoms with Gasteiger partial charge in [-0.3, -0.25) is 4.79 Å². The molecule has 3 rings (SSSR count). The molecule has 8 nitrogen and oxygen atoms in total. The van der Waals surface area contributed by atoms with Gasteiger partial charge >= 0.3 is 5.97 Å². The maximum absolute atomic E-state index is 12.8. The van der Waals surface area contributed by atoms with E-state index in [1.807, 2.05) is 0 Å². The zero-order valence-electron chi connectivity index (χ0n) is 12.3. The van der Waals surface area contributed by atoms with Crippen LogP contribution in [0.15, 0.2) is 11.0 Å². The van der Waals surface area contributed by atoms with E-state index in [2.05, 4.69) is 5.32 Å². The number of thiophene rings is 1. The molecule has 1 amide bonds. The molecule has 0 bridgehead atoms. The Kier molecular flexibility index (Phi) is 4.17. The number of morpholine rings is 1. The Morgan fingerprint density at radius 2 is 2.26 bits per heavy atom. The average Bonchev–Trinajstić information content (AvgIpc) is 2.89. The van der Waals surface area contributed by atoms with Crippen molar-refractivity contribution in [2.24, 2.45) is 0 Å². The quantitative estimate of drug-likeness (QED) is 0.786. The van der Waals surface area contributed by atoms with Crippen molar-refractivity contribution in [2.45, 2.75) is 30.4 Å². The minimum atomic E-state index is -3.80. The monoisotopic (exact) mass is 360 g/mol. The molecule has 2 aliphatic heterocycles. The van der Waals surface area contributed by atoms with Crippen LogP contribution in [0.5, 0.6) is 0 Å². The smallest absolute Gasteiger partial charge is 0.345 e. The molecule has 0 unspecified atom stereocenters. The van der Waals surface area contributed by atoms with Crippen molar-refractivity contribution in [3.63, 3.8) is 0 Å². The van der Waals surface area contributed by atoms with Crippen LogP contribution in [0.2, 0.25) is 0 Å². The third kappa shape index (κ3) is 2.99. The molecule has 23 heavy (non-hydrogen) atoms. The van der Waals surface area contributed by atoms with Crippen LogP contribution < -0.4 is 5.32 Å². The van der Waals surface area contributed by atoms with Gasteiger partial charge in [0.1, 0.15) is 11.5 Å². The lowest BCUT2D eigenvalue weighted by molar-refractivity contribution is -0.139. The topological polar surface area (TPSA) is 113 Å². The van der Waals surface area contributed by atoms with Gasteiger partial charge in [-0.2, -0.15) is 4.31 Å². The van der Waals surface area contributed by atoms with Crippen molar-refractivity contribution in [1.82, 2.24) is 9.62 Å². The van der Waals surface area contributed by atoms with Crippen LogP contribution in [0.1, 0.15) is 21.0 Å². The predicted molar refractivity (Wildman–Crippen MR) is 81.1 cm³/mol. The highest BCUT2D eigenvalue weighted by atomic mass is 32.2. The summed E-state index contributed by atoms with van der Waals surface area (Å²) in [7, 11) is -3.80. The molecule has 2 saturated heterocycles. The second-order valence-electron chi connectivity index (χ2n) is 5.51. The number of amides is 1. The highest BCUT2D eigenvalue weighted by molar-refractivity contribution is 7.89. The summed E-state index contributed by atoms with van der Waals surface area (Å²) in [6, 6.07) is 0.817. The molecule has 1 aromatic rings. The zero-order valence-corrected chi connectivity index (χ0v) is 13.9. The molecule has 0 radical (unpaired) electrons. The van der Waals surface area contributed by atoms with Crippen LogP contribution in [0, 0.1) is 6.92 Å². The molecule has 126 valence electrons. The first-order chi connectivity index (χ1) is 10.8. The van der Waals surface area contributed by atoms with Gasteiger partial charge in [-0.1, -0.05) is 0 Å². The Morgan fingerprint density at radius 3 is 2.91 bits per heavy atom. The number of nitrogens with one attached hydrogen (secondary N) is 1. The van der Waals surface area contributed by atoms with E-state index < -0.39 is 16.0 Å². The number of aryl methyl sites for hydroxylation is 1. The minimum Gasteiger partial charge on any atom is -0.477 e. The predicted octanol–water partition coefficient (Wildman–Crippen LogP) is 0.0327. The zero-order chi connectivity index (χ0) is 16.8. The fraction of sp³-hybridized carbons (Fsp3) is 0.538. The van der Waals surface area contributed by atoms with Crippen LogP contribution in [0.4, 0.5) is 0 Å². The molecule has 0 aromatic carbocycles. The Morgan fingerprint density at radius 1 is 1.52 bits per heavy atom. The van der Waals surface area contributed by atoms with Gasteiger partial charge < -0.3 is 15.2 Å².